The topological polar surface area (TPSA) is 64.4 Å². The van der Waals surface area contributed by atoms with E-state index in [1.54, 1.807) is 19.2 Å². The van der Waals surface area contributed by atoms with Crippen LogP contribution in [0.4, 0.5) is 5.13 Å². The fraction of sp³-hybridized carbons (Fsp3) is 0.143. The lowest BCUT2D eigenvalue weighted by atomic mass is 9.94. The molecule has 0 spiro atoms. The summed E-state index contributed by atoms with van der Waals surface area (Å²) in [6, 6.07) is 15.6. The number of aromatic nitrogens is 1. The number of methoxy groups -OCH3 is 1. The predicted molar refractivity (Wildman–Crippen MR) is 106 cm³/mol. The SMILES string of the molecule is COc1cccc2cc(C(=O)Nc3nc4c(s3)CCc3ccccc3-4)oc12. The van der Waals surface area contributed by atoms with E-state index in [4.69, 9.17) is 9.15 Å². The molecule has 134 valence electrons. The fourth-order valence-electron chi connectivity index (χ4n) is 3.47. The molecule has 27 heavy (non-hydrogen) atoms. The van der Waals surface area contributed by atoms with Crippen molar-refractivity contribution in [2.24, 2.45) is 0 Å². The van der Waals surface area contributed by atoms with Crippen LogP contribution in [-0.4, -0.2) is 18.0 Å². The first kappa shape index (κ1) is 16.1. The van der Waals surface area contributed by atoms with Crippen molar-refractivity contribution in [3.05, 3.63) is 64.7 Å². The highest BCUT2D eigenvalue weighted by Gasteiger charge is 2.22. The number of rotatable bonds is 3. The minimum atomic E-state index is -0.312. The van der Waals surface area contributed by atoms with Gasteiger partial charge in [-0.2, -0.15) is 0 Å². The Hall–Kier alpha value is -3.12. The highest BCUT2D eigenvalue weighted by Crippen LogP contribution is 2.38. The van der Waals surface area contributed by atoms with Gasteiger partial charge >= 0.3 is 0 Å². The van der Waals surface area contributed by atoms with E-state index in [2.05, 4.69) is 28.5 Å². The Labute approximate surface area is 159 Å². The van der Waals surface area contributed by atoms with E-state index in [9.17, 15) is 4.79 Å². The predicted octanol–water partition coefficient (Wildman–Crippen LogP) is 4.92. The first-order valence-electron chi connectivity index (χ1n) is 8.69. The number of carbonyl (C=O) groups is 1. The molecule has 1 N–H and O–H groups in total. The number of furan rings is 1. The minimum Gasteiger partial charge on any atom is -0.493 e. The number of amides is 1. The average Bonchev–Trinajstić information content (AvgIpc) is 3.31. The van der Waals surface area contributed by atoms with E-state index in [0.717, 1.165) is 29.5 Å². The Morgan fingerprint density at radius 1 is 1.19 bits per heavy atom. The summed E-state index contributed by atoms with van der Waals surface area (Å²) >= 11 is 1.53. The fourth-order valence-corrected chi connectivity index (χ4v) is 4.44. The van der Waals surface area contributed by atoms with Crippen LogP contribution in [0.5, 0.6) is 5.75 Å². The first-order chi connectivity index (χ1) is 13.2. The molecule has 0 fully saturated rings. The quantitative estimate of drug-likeness (QED) is 0.551. The van der Waals surface area contributed by atoms with Crippen molar-refractivity contribution < 1.29 is 13.9 Å². The number of para-hydroxylation sites is 1. The zero-order chi connectivity index (χ0) is 18.4. The Morgan fingerprint density at radius 2 is 2.07 bits per heavy atom. The first-order valence-corrected chi connectivity index (χ1v) is 9.50. The third-order valence-corrected chi connectivity index (χ3v) is 5.79. The average molecular weight is 376 g/mol. The second-order valence-corrected chi connectivity index (χ2v) is 7.47. The summed E-state index contributed by atoms with van der Waals surface area (Å²) in [7, 11) is 1.58. The van der Waals surface area contributed by atoms with Gasteiger partial charge in [0, 0.05) is 15.8 Å². The van der Waals surface area contributed by atoms with Crippen molar-refractivity contribution in [3.63, 3.8) is 0 Å². The molecular formula is C21H16N2O3S. The summed E-state index contributed by atoms with van der Waals surface area (Å²) in [6.07, 6.45) is 1.95. The van der Waals surface area contributed by atoms with Crippen LogP contribution in [0, 0.1) is 0 Å². The minimum absolute atomic E-state index is 0.239. The van der Waals surface area contributed by atoms with Gasteiger partial charge in [0.1, 0.15) is 0 Å². The maximum absolute atomic E-state index is 12.7. The number of nitrogens with zero attached hydrogens (tertiary/aromatic N) is 1. The molecule has 2 aromatic heterocycles. The van der Waals surface area contributed by atoms with Gasteiger partial charge in [-0.15, -0.1) is 11.3 Å². The van der Waals surface area contributed by atoms with Gasteiger partial charge in [-0.3, -0.25) is 10.1 Å². The van der Waals surface area contributed by atoms with E-state index in [1.165, 1.54) is 21.8 Å². The largest absolute Gasteiger partial charge is 0.493 e. The summed E-state index contributed by atoms with van der Waals surface area (Å²) in [5.74, 6) is 0.531. The third-order valence-electron chi connectivity index (χ3n) is 4.76. The lowest BCUT2D eigenvalue weighted by Crippen LogP contribution is -2.10. The highest BCUT2D eigenvalue weighted by molar-refractivity contribution is 7.16. The molecule has 0 aliphatic heterocycles. The summed E-state index contributed by atoms with van der Waals surface area (Å²) in [6.45, 7) is 0. The summed E-state index contributed by atoms with van der Waals surface area (Å²) in [4.78, 5) is 18.5. The van der Waals surface area contributed by atoms with Gasteiger partial charge in [-0.25, -0.2) is 4.98 Å². The molecule has 0 bridgehead atoms. The van der Waals surface area contributed by atoms with E-state index in [1.807, 2.05) is 18.2 Å². The standard InChI is InChI=1S/C21H16N2O3S/c1-25-15-8-4-6-13-11-16(26-19(13)15)20(24)23-21-22-18-14-7-3-2-5-12(14)9-10-17(18)27-21/h2-8,11H,9-10H2,1H3,(H,22,23,24). The molecular weight excluding hydrogens is 360 g/mol. The van der Waals surface area contributed by atoms with Crippen LogP contribution in [0.3, 0.4) is 0 Å². The molecule has 1 amide bonds. The number of aryl methyl sites for hydroxylation is 2. The lowest BCUT2D eigenvalue weighted by molar-refractivity contribution is 0.0998. The molecule has 2 heterocycles. The van der Waals surface area contributed by atoms with E-state index in [0.29, 0.717) is 16.5 Å². The molecule has 6 heteroatoms. The second-order valence-electron chi connectivity index (χ2n) is 6.39. The number of benzene rings is 2. The van der Waals surface area contributed by atoms with E-state index < -0.39 is 0 Å². The second kappa shape index (κ2) is 6.25. The van der Waals surface area contributed by atoms with Crippen molar-refractivity contribution in [2.75, 3.05) is 12.4 Å². The van der Waals surface area contributed by atoms with Crippen molar-refractivity contribution in [1.82, 2.24) is 4.98 Å². The normalized spacial score (nSPS) is 12.5. The number of hydrogen-bond donors (Lipinski definition) is 1. The van der Waals surface area contributed by atoms with Crippen LogP contribution in [0.1, 0.15) is 21.0 Å². The zero-order valence-electron chi connectivity index (χ0n) is 14.6. The van der Waals surface area contributed by atoms with Crippen molar-refractivity contribution in [1.29, 1.82) is 0 Å². The number of fused-ring (bicyclic) bond motifs is 4. The van der Waals surface area contributed by atoms with Gasteiger partial charge in [0.25, 0.3) is 5.91 Å². The molecule has 0 atom stereocenters. The van der Waals surface area contributed by atoms with Gasteiger partial charge in [-0.05, 0) is 30.5 Å². The van der Waals surface area contributed by atoms with Crippen molar-refractivity contribution in [2.45, 2.75) is 12.8 Å². The third kappa shape index (κ3) is 2.69. The maximum atomic E-state index is 12.7. The Morgan fingerprint density at radius 3 is 2.96 bits per heavy atom. The molecule has 0 saturated carbocycles. The Bertz CT molecular complexity index is 1180. The monoisotopic (exact) mass is 376 g/mol. The molecule has 1 aliphatic rings. The molecule has 0 radical (unpaired) electrons. The van der Waals surface area contributed by atoms with Gasteiger partial charge in [-0.1, -0.05) is 36.4 Å². The number of thiazole rings is 1. The van der Waals surface area contributed by atoms with Crippen LogP contribution in [0.15, 0.2) is 52.9 Å². The number of carbonyl (C=O) groups excluding carboxylic acids is 1. The van der Waals surface area contributed by atoms with E-state index >= 15 is 0 Å². The maximum Gasteiger partial charge on any atom is 0.293 e. The molecule has 0 unspecified atom stereocenters. The van der Waals surface area contributed by atoms with Gasteiger partial charge < -0.3 is 9.15 Å². The Balaban J connectivity index is 1.45. The van der Waals surface area contributed by atoms with Gasteiger partial charge in [0.2, 0.25) is 0 Å². The molecule has 5 nitrogen and oxygen atoms in total. The highest BCUT2D eigenvalue weighted by atomic mass is 32.1. The summed E-state index contributed by atoms with van der Waals surface area (Å²) in [5.41, 5.74) is 4.00. The molecule has 4 aromatic rings. The molecule has 0 saturated heterocycles. The number of nitrogens with one attached hydrogen (secondary N) is 1. The van der Waals surface area contributed by atoms with E-state index in [-0.39, 0.29) is 11.7 Å². The van der Waals surface area contributed by atoms with Crippen molar-refractivity contribution >= 4 is 33.3 Å². The molecule has 5 rings (SSSR count). The van der Waals surface area contributed by atoms with Crippen LogP contribution in [-0.2, 0) is 12.8 Å². The van der Waals surface area contributed by atoms with Crippen molar-refractivity contribution in [3.8, 4) is 17.0 Å². The molecule has 2 aromatic carbocycles. The summed E-state index contributed by atoms with van der Waals surface area (Å²) in [5, 5.41) is 4.30. The van der Waals surface area contributed by atoms with Gasteiger partial charge in [0.05, 0.1) is 12.8 Å². The van der Waals surface area contributed by atoms with Crippen LogP contribution < -0.4 is 10.1 Å². The summed E-state index contributed by atoms with van der Waals surface area (Å²) < 4.78 is 11.0. The molecule has 1 aliphatic carbocycles. The Kier molecular flexibility index (Phi) is 3.72. The number of anilines is 1. The van der Waals surface area contributed by atoms with Crippen LogP contribution in [0.25, 0.3) is 22.2 Å². The number of hydrogen-bond acceptors (Lipinski definition) is 5. The van der Waals surface area contributed by atoms with Gasteiger partial charge in [0.15, 0.2) is 22.2 Å². The zero-order valence-corrected chi connectivity index (χ0v) is 15.4. The van der Waals surface area contributed by atoms with Crippen LogP contribution in [0.2, 0.25) is 0 Å². The lowest BCUT2D eigenvalue weighted by Gasteiger charge is -2.13. The smallest absolute Gasteiger partial charge is 0.293 e. The number of ether oxygens (including phenoxy) is 1. The van der Waals surface area contributed by atoms with Crippen LogP contribution >= 0.6 is 11.3 Å².